The molecule has 6 heteroatoms. The summed E-state index contributed by atoms with van der Waals surface area (Å²) in [4.78, 5) is 0. The van der Waals surface area contributed by atoms with Crippen molar-refractivity contribution in [3.05, 3.63) is 445 Å². The molecule has 2 aliphatic rings. The lowest BCUT2D eigenvalue weighted by Crippen LogP contribution is -2.28. The summed E-state index contributed by atoms with van der Waals surface area (Å²) in [5.41, 5.74) is 27.2. The molecule has 2 aliphatic carbocycles. The summed E-state index contributed by atoms with van der Waals surface area (Å²) in [6.07, 6.45) is 0. The van der Waals surface area contributed by atoms with Gasteiger partial charge >= 0.3 is 7.69 Å². The Morgan fingerprint density at radius 1 is 0.257 bits per heavy atom. The molecule has 1 radical (unpaired) electrons. The minimum absolute atomic E-state index is 0. The molecule has 0 fully saturated rings. The van der Waals surface area contributed by atoms with Crippen LogP contribution in [0.5, 0.6) is 5.75 Å². The molecule has 499 valence electrons. The smallest absolute Gasteiger partial charge is 0.536 e. The molecule has 0 unspecified atom stereocenters. The Morgan fingerprint density at radius 3 is 0.962 bits per heavy atom. The molecule has 18 aromatic rings. The van der Waals surface area contributed by atoms with Crippen molar-refractivity contribution >= 4 is 86.6 Å². The van der Waals surface area contributed by atoms with E-state index in [-0.39, 0.29) is 12.8 Å². The van der Waals surface area contributed by atoms with Gasteiger partial charge in [-0.2, -0.15) is 0 Å². The zero-order chi connectivity index (χ0) is 69.6. The molecule has 105 heavy (non-hydrogen) atoms. The molecule has 2 aromatic heterocycles. The van der Waals surface area contributed by atoms with E-state index < -0.39 is 5.41 Å². The third kappa shape index (κ3) is 11.7. The second-order valence-corrected chi connectivity index (χ2v) is 29.6. The van der Waals surface area contributed by atoms with Gasteiger partial charge in [-0.3, -0.25) is 0 Å². The molecule has 16 aromatic carbocycles. The molecular formula is C99H68BBrO2S2-. The highest BCUT2D eigenvalue weighted by molar-refractivity contribution is 9.10. The lowest BCUT2D eigenvalue weighted by Gasteiger charge is -2.34. The maximum absolute atomic E-state index is 9.27. The predicted molar refractivity (Wildman–Crippen MR) is 450 cm³/mol. The zero-order valence-electron chi connectivity index (χ0n) is 57.6. The van der Waals surface area contributed by atoms with Gasteiger partial charge in [0.15, 0.2) is 0 Å². The molecule has 0 bridgehead atoms. The number of hydrogen-bond acceptors (Lipinski definition) is 4. The van der Waals surface area contributed by atoms with Crippen molar-refractivity contribution in [2.45, 2.75) is 10.8 Å². The summed E-state index contributed by atoms with van der Waals surface area (Å²) < 4.78 is 11.4. The maximum Gasteiger partial charge on any atom is 0.569 e. The van der Waals surface area contributed by atoms with E-state index in [1.807, 2.05) is 41.7 Å². The SMILES string of the molecule is Brc1ccc(C2(c3ccccc3)c3ccccc3-c3ccccc32)cc1.O[B]Oc1cc(-c2ccccc2)cc2c1sc1ccc(-c3ccccc3)cc12.[CH3-].c1ccc(-c2ccc3sc4c(-c5ccc(C6(c7ccccc7)c7ccccc7-c7ccccc76)cc5)cc(-c5ccccc5)cc4c3c2)cc1. The lowest BCUT2D eigenvalue weighted by atomic mass is 9.67. The van der Waals surface area contributed by atoms with Gasteiger partial charge in [0.05, 0.1) is 15.5 Å². The van der Waals surface area contributed by atoms with Crippen molar-refractivity contribution in [1.82, 2.24) is 0 Å². The molecule has 0 aliphatic heterocycles. The fraction of sp³-hybridized carbons (Fsp3) is 0.0202. The largest absolute Gasteiger partial charge is 0.569 e. The third-order valence-corrected chi connectivity index (χ3v) is 23.9. The van der Waals surface area contributed by atoms with E-state index in [0.29, 0.717) is 5.75 Å². The lowest BCUT2D eigenvalue weighted by molar-refractivity contribution is 0.457. The van der Waals surface area contributed by atoms with Crippen LogP contribution in [0, 0.1) is 7.43 Å². The molecule has 0 saturated heterocycles. The van der Waals surface area contributed by atoms with Crippen LogP contribution < -0.4 is 4.65 Å². The van der Waals surface area contributed by atoms with Crippen molar-refractivity contribution in [2.75, 3.05) is 0 Å². The van der Waals surface area contributed by atoms with Gasteiger partial charge in [-0.15, -0.1) is 22.7 Å². The Kier molecular flexibility index (Phi) is 18.0. The van der Waals surface area contributed by atoms with Crippen LogP contribution in [0.4, 0.5) is 0 Å². The third-order valence-electron chi connectivity index (χ3n) is 20.9. The average Bonchev–Trinajstić information content (AvgIpc) is 1.67. The van der Waals surface area contributed by atoms with E-state index in [9.17, 15) is 5.02 Å². The molecule has 0 amide bonds. The molecule has 0 atom stereocenters. The van der Waals surface area contributed by atoms with E-state index in [1.165, 1.54) is 142 Å². The second kappa shape index (κ2) is 28.5. The monoisotopic (exact) mass is 1440 g/mol. The van der Waals surface area contributed by atoms with E-state index in [0.717, 1.165) is 33.4 Å². The fourth-order valence-corrected chi connectivity index (χ4v) is 18.9. The van der Waals surface area contributed by atoms with Crippen molar-refractivity contribution < 1.29 is 9.68 Å². The highest BCUT2D eigenvalue weighted by Gasteiger charge is 2.47. The van der Waals surface area contributed by atoms with Gasteiger partial charge in [-0.1, -0.05) is 344 Å². The summed E-state index contributed by atoms with van der Waals surface area (Å²) >= 11 is 7.17. The summed E-state index contributed by atoms with van der Waals surface area (Å²) in [5, 5.41) is 14.2. The zero-order valence-corrected chi connectivity index (χ0v) is 60.8. The van der Waals surface area contributed by atoms with Gasteiger partial charge in [-0.05, 0) is 177 Å². The van der Waals surface area contributed by atoms with Crippen LogP contribution >= 0.6 is 38.6 Å². The topological polar surface area (TPSA) is 29.5 Å². The highest BCUT2D eigenvalue weighted by Crippen LogP contribution is 2.58. The fourth-order valence-electron chi connectivity index (χ4n) is 16.3. The Balaban J connectivity index is 0.000000126. The number of benzene rings is 16. The molecule has 20 rings (SSSR count). The van der Waals surface area contributed by atoms with Crippen LogP contribution in [0.1, 0.15) is 44.5 Å². The van der Waals surface area contributed by atoms with Gasteiger partial charge in [0, 0.05) is 45.7 Å². The van der Waals surface area contributed by atoms with E-state index in [4.69, 9.17) is 4.65 Å². The summed E-state index contributed by atoms with van der Waals surface area (Å²) in [6.45, 7) is 0. The van der Waals surface area contributed by atoms with Gasteiger partial charge < -0.3 is 17.1 Å². The normalized spacial score (nSPS) is 12.6. The van der Waals surface area contributed by atoms with Crippen molar-refractivity contribution in [2.24, 2.45) is 0 Å². The Hall–Kier alpha value is -11.7. The summed E-state index contributed by atoms with van der Waals surface area (Å²) in [7, 11) is 0.753. The Labute approximate surface area is 630 Å². The minimum Gasteiger partial charge on any atom is -0.536 e. The number of fused-ring (bicyclic) bond motifs is 12. The Morgan fingerprint density at radius 2 is 0.562 bits per heavy atom. The number of hydrogen-bond donors (Lipinski definition) is 1. The molecule has 0 saturated carbocycles. The van der Waals surface area contributed by atoms with Gasteiger partial charge in [-0.25, -0.2) is 0 Å². The number of thiophene rings is 2. The Bertz CT molecular complexity index is 6070. The molecule has 1 N–H and O–H groups in total. The van der Waals surface area contributed by atoms with Crippen molar-refractivity contribution in [3.8, 4) is 83.6 Å². The summed E-state index contributed by atoms with van der Waals surface area (Å²) in [6, 6.07) is 140. The molecule has 0 spiro atoms. The first-order valence-corrected chi connectivity index (χ1v) is 37.6. The predicted octanol–water partition coefficient (Wildman–Crippen LogP) is 27.0. The first-order chi connectivity index (χ1) is 51.4. The quantitative estimate of drug-likeness (QED) is 0.103. The standard InChI is InChI=1S/C49H32S.C25H17Br.C24H16BO2S.CH3/c1-4-14-33(15-5-1)36-26-29-47-43(30-36)44-32-37(34-16-6-2-7-17-34)31-42(48(44)50-47)35-24-27-39(28-25-35)49(38-18-8-3-9-19-38)45-22-12-10-20-40(45)41-21-11-13-23-46(41)49;26-20-16-14-19(15-17-20)25(18-8-2-1-3-9-18)23-12-6-4-10-21(23)22-11-5-7-13-24(22)25;26-25-27-22-15-19(17-9-5-2-6-10-17)14-21-20-13-18(16-7-3-1-4-8-16)11-12-23(20)28-24(21)22;/h1-32H;1-17H;1-15,26H;1H3/q;;;-1. The van der Waals surface area contributed by atoms with E-state index >= 15 is 0 Å². The van der Waals surface area contributed by atoms with Gasteiger partial charge in [0.1, 0.15) is 5.75 Å². The highest BCUT2D eigenvalue weighted by atomic mass is 79.9. The molecule has 2 heterocycles. The van der Waals surface area contributed by atoms with Crippen LogP contribution in [0.25, 0.3) is 118 Å². The summed E-state index contributed by atoms with van der Waals surface area (Å²) in [5.74, 6) is 0.668. The van der Waals surface area contributed by atoms with Crippen molar-refractivity contribution in [3.63, 3.8) is 0 Å². The van der Waals surface area contributed by atoms with Crippen LogP contribution in [0.2, 0.25) is 0 Å². The van der Waals surface area contributed by atoms with E-state index in [1.54, 1.807) is 11.3 Å². The van der Waals surface area contributed by atoms with Gasteiger partial charge in [0.2, 0.25) is 0 Å². The average molecular weight is 1440 g/mol. The van der Waals surface area contributed by atoms with Crippen LogP contribution in [0.15, 0.2) is 393 Å². The number of rotatable bonds is 11. The maximum atomic E-state index is 9.27. The van der Waals surface area contributed by atoms with Crippen molar-refractivity contribution in [1.29, 1.82) is 0 Å². The van der Waals surface area contributed by atoms with Gasteiger partial charge in [0.25, 0.3) is 0 Å². The van der Waals surface area contributed by atoms with Crippen LogP contribution in [-0.2, 0) is 10.8 Å². The first-order valence-electron chi connectivity index (χ1n) is 35.2. The number of halogens is 1. The second-order valence-electron chi connectivity index (χ2n) is 26.6. The van der Waals surface area contributed by atoms with Crippen LogP contribution in [-0.4, -0.2) is 12.7 Å². The van der Waals surface area contributed by atoms with Crippen LogP contribution in [0.3, 0.4) is 0 Å². The molecule has 2 nitrogen and oxygen atoms in total. The molecular weight excluding hydrogens is 1380 g/mol. The van der Waals surface area contributed by atoms with E-state index in [2.05, 4.69) is 374 Å². The first kappa shape index (κ1) is 66.5. The minimum atomic E-state index is -0.403.